The fraction of sp³-hybridized carbons (Fsp3) is 0.688. The monoisotopic (exact) mass is 428 g/mol. The summed E-state index contributed by atoms with van der Waals surface area (Å²) in [5.41, 5.74) is 1.62. The number of rotatable bonds is 3. The Hall–Kier alpha value is -0.960. The van der Waals surface area contributed by atoms with Crippen molar-refractivity contribution in [1.29, 1.82) is 0 Å². The highest BCUT2D eigenvalue weighted by Crippen LogP contribution is 2.31. The van der Waals surface area contributed by atoms with Crippen LogP contribution in [-0.4, -0.2) is 63.0 Å². The number of morpholine rings is 1. The standard InChI is InChI=1S/C16H22BrClN6O/c1-23-13-12(14(17)22-23)20-16(18)21-15(13)19-10-4-2-3-5-11(10)24-6-8-25-9-7-24/h10-11H,2-9H2,1H3,(H,19,20,21). The van der Waals surface area contributed by atoms with E-state index in [4.69, 9.17) is 16.3 Å². The fourth-order valence-corrected chi connectivity index (χ4v) is 4.69. The molecule has 4 rings (SSSR count). The van der Waals surface area contributed by atoms with E-state index in [0.717, 1.165) is 49.6 Å². The molecule has 0 amide bonds. The number of hydrogen-bond donors (Lipinski definition) is 1. The van der Waals surface area contributed by atoms with Gasteiger partial charge in [0, 0.05) is 32.2 Å². The Bertz CT molecular complexity index is 763. The molecule has 1 saturated heterocycles. The summed E-state index contributed by atoms with van der Waals surface area (Å²) in [5, 5.41) is 8.30. The molecule has 1 aliphatic carbocycles. The average molecular weight is 430 g/mol. The number of nitrogens with one attached hydrogen (secondary N) is 1. The van der Waals surface area contributed by atoms with Crippen LogP contribution in [-0.2, 0) is 11.8 Å². The summed E-state index contributed by atoms with van der Waals surface area (Å²) in [6.07, 6.45) is 4.84. The number of nitrogens with zero attached hydrogens (tertiary/aromatic N) is 5. The molecule has 2 aromatic heterocycles. The smallest absolute Gasteiger partial charge is 0.225 e. The lowest BCUT2D eigenvalue weighted by Crippen LogP contribution is -2.52. The summed E-state index contributed by atoms with van der Waals surface area (Å²) in [6, 6.07) is 0.841. The molecular formula is C16H22BrClN6O. The third kappa shape index (κ3) is 3.49. The molecule has 2 fully saturated rings. The van der Waals surface area contributed by atoms with Gasteiger partial charge in [-0.05, 0) is 40.4 Å². The van der Waals surface area contributed by atoms with E-state index in [-0.39, 0.29) is 5.28 Å². The first-order valence-electron chi connectivity index (χ1n) is 8.77. The maximum absolute atomic E-state index is 6.16. The van der Waals surface area contributed by atoms with Gasteiger partial charge in [-0.2, -0.15) is 10.1 Å². The van der Waals surface area contributed by atoms with Gasteiger partial charge in [0.1, 0.15) is 11.0 Å². The number of anilines is 1. The maximum atomic E-state index is 6.16. The lowest BCUT2D eigenvalue weighted by atomic mass is 9.89. The SMILES string of the molecule is Cn1nc(Br)c2nc(Cl)nc(NC3CCCCC3N3CCOCC3)c21. The second-order valence-electron chi connectivity index (χ2n) is 6.70. The van der Waals surface area contributed by atoms with E-state index in [1.54, 1.807) is 4.68 Å². The minimum absolute atomic E-state index is 0.238. The highest BCUT2D eigenvalue weighted by Gasteiger charge is 2.32. The van der Waals surface area contributed by atoms with E-state index in [2.05, 4.69) is 41.2 Å². The van der Waals surface area contributed by atoms with Crippen LogP contribution in [0.2, 0.25) is 5.28 Å². The summed E-state index contributed by atoms with van der Waals surface area (Å²) >= 11 is 9.62. The van der Waals surface area contributed by atoms with E-state index >= 15 is 0 Å². The van der Waals surface area contributed by atoms with Crippen molar-refractivity contribution >= 4 is 44.4 Å². The van der Waals surface area contributed by atoms with Crippen LogP contribution < -0.4 is 5.32 Å². The second kappa shape index (κ2) is 7.34. The van der Waals surface area contributed by atoms with E-state index in [9.17, 15) is 0 Å². The molecule has 2 unspecified atom stereocenters. The average Bonchev–Trinajstić information content (AvgIpc) is 2.90. The summed E-state index contributed by atoms with van der Waals surface area (Å²) < 4.78 is 8.00. The molecule has 0 aromatic carbocycles. The lowest BCUT2D eigenvalue weighted by Gasteiger charge is -2.42. The fourth-order valence-electron chi connectivity index (χ4n) is 4.01. The van der Waals surface area contributed by atoms with Crippen molar-refractivity contribution in [1.82, 2.24) is 24.6 Å². The third-order valence-electron chi connectivity index (χ3n) is 5.18. The van der Waals surface area contributed by atoms with Gasteiger partial charge in [0.2, 0.25) is 5.28 Å². The Morgan fingerprint density at radius 2 is 1.96 bits per heavy atom. The highest BCUT2D eigenvalue weighted by molar-refractivity contribution is 9.10. The number of fused-ring (bicyclic) bond motifs is 1. The van der Waals surface area contributed by atoms with Gasteiger partial charge in [0.15, 0.2) is 10.4 Å². The Labute approximate surface area is 160 Å². The summed E-state index contributed by atoms with van der Waals surface area (Å²) in [6.45, 7) is 3.64. The van der Waals surface area contributed by atoms with Crippen LogP contribution in [0.1, 0.15) is 25.7 Å². The van der Waals surface area contributed by atoms with Crippen LogP contribution in [0.4, 0.5) is 5.82 Å². The van der Waals surface area contributed by atoms with Gasteiger partial charge >= 0.3 is 0 Å². The Morgan fingerprint density at radius 3 is 2.76 bits per heavy atom. The molecule has 1 saturated carbocycles. The maximum Gasteiger partial charge on any atom is 0.225 e. The van der Waals surface area contributed by atoms with Gasteiger partial charge in [0.05, 0.1) is 13.2 Å². The summed E-state index contributed by atoms with van der Waals surface area (Å²) in [7, 11) is 1.90. The predicted molar refractivity (Wildman–Crippen MR) is 101 cm³/mol. The minimum atomic E-state index is 0.238. The van der Waals surface area contributed by atoms with Gasteiger partial charge < -0.3 is 10.1 Å². The van der Waals surface area contributed by atoms with Crippen LogP contribution >= 0.6 is 27.5 Å². The Balaban J connectivity index is 1.64. The van der Waals surface area contributed by atoms with Gasteiger partial charge in [-0.25, -0.2) is 4.98 Å². The molecule has 0 spiro atoms. The summed E-state index contributed by atoms with van der Waals surface area (Å²) in [5.74, 6) is 0.765. The molecule has 0 bridgehead atoms. The molecule has 136 valence electrons. The van der Waals surface area contributed by atoms with Crippen LogP contribution in [0.3, 0.4) is 0 Å². The van der Waals surface area contributed by atoms with Gasteiger partial charge in [-0.1, -0.05) is 12.8 Å². The molecule has 1 aliphatic heterocycles. The van der Waals surface area contributed by atoms with Crippen LogP contribution in [0.25, 0.3) is 11.0 Å². The topological polar surface area (TPSA) is 68.1 Å². The Morgan fingerprint density at radius 1 is 1.20 bits per heavy atom. The van der Waals surface area contributed by atoms with E-state index in [1.165, 1.54) is 19.3 Å². The predicted octanol–water partition coefficient (Wildman–Crippen LogP) is 2.83. The molecular weight excluding hydrogens is 408 g/mol. The zero-order chi connectivity index (χ0) is 17.4. The number of hydrogen-bond acceptors (Lipinski definition) is 6. The van der Waals surface area contributed by atoms with Crippen molar-refractivity contribution in [2.75, 3.05) is 31.6 Å². The van der Waals surface area contributed by atoms with Crippen molar-refractivity contribution < 1.29 is 4.74 Å². The quantitative estimate of drug-likeness (QED) is 0.757. The molecule has 9 heteroatoms. The normalized spacial score (nSPS) is 25.4. The van der Waals surface area contributed by atoms with Crippen molar-refractivity contribution in [3.63, 3.8) is 0 Å². The first-order chi connectivity index (χ1) is 12.1. The first kappa shape index (κ1) is 17.5. The largest absolute Gasteiger partial charge is 0.379 e. The van der Waals surface area contributed by atoms with E-state index in [0.29, 0.717) is 16.7 Å². The van der Waals surface area contributed by atoms with E-state index < -0.39 is 0 Å². The van der Waals surface area contributed by atoms with E-state index in [1.807, 2.05) is 7.05 Å². The molecule has 2 atom stereocenters. The molecule has 0 radical (unpaired) electrons. The zero-order valence-electron chi connectivity index (χ0n) is 14.2. The van der Waals surface area contributed by atoms with Crippen LogP contribution in [0, 0.1) is 0 Å². The third-order valence-corrected chi connectivity index (χ3v) is 5.88. The molecule has 3 heterocycles. The first-order valence-corrected chi connectivity index (χ1v) is 9.94. The van der Waals surface area contributed by atoms with Crippen molar-refractivity contribution in [2.24, 2.45) is 7.05 Å². The lowest BCUT2D eigenvalue weighted by molar-refractivity contribution is 0.00558. The number of halogens is 2. The van der Waals surface area contributed by atoms with Gasteiger partial charge in [-0.3, -0.25) is 9.58 Å². The number of aromatic nitrogens is 4. The van der Waals surface area contributed by atoms with Crippen molar-refractivity contribution in [3.05, 3.63) is 9.89 Å². The van der Waals surface area contributed by atoms with Crippen LogP contribution in [0.5, 0.6) is 0 Å². The van der Waals surface area contributed by atoms with Gasteiger partial charge in [0.25, 0.3) is 0 Å². The number of aryl methyl sites for hydroxylation is 1. The second-order valence-corrected chi connectivity index (χ2v) is 7.79. The van der Waals surface area contributed by atoms with Crippen molar-refractivity contribution in [2.45, 2.75) is 37.8 Å². The summed E-state index contributed by atoms with van der Waals surface area (Å²) in [4.78, 5) is 11.3. The van der Waals surface area contributed by atoms with Gasteiger partial charge in [-0.15, -0.1) is 0 Å². The van der Waals surface area contributed by atoms with Crippen LogP contribution in [0.15, 0.2) is 4.60 Å². The minimum Gasteiger partial charge on any atom is -0.379 e. The van der Waals surface area contributed by atoms with Crippen molar-refractivity contribution in [3.8, 4) is 0 Å². The zero-order valence-corrected chi connectivity index (χ0v) is 16.6. The highest BCUT2D eigenvalue weighted by atomic mass is 79.9. The Kier molecular flexibility index (Phi) is 5.13. The molecule has 7 nitrogen and oxygen atoms in total. The molecule has 2 aromatic rings. The molecule has 25 heavy (non-hydrogen) atoms. The molecule has 1 N–H and O–H groups in total. The number of ether oxygens (including phenoxy) is 1. The molecule has 2 aliphatic rings.